The number of aryl methyl sites for hydroxylation is 1. The van der Waals surface area contributed by atoms with Crippen molar-refractivity contribution in [2.75, 3.05) is 0 Å². The molecule has 19 heavy (non-hydrogen) atoms. The Morgan fingerprint density at radius 1 is 1.32 bits per heavy atom. The van der Waals surface area contributed by atoms with E-state index in [0.29, 0.717) is 14.8 Å². The van der Waals surface area contributed by atoms with Crippen LogP contribution in [0.3, 0.4) is 0 Å². The lowest BCUT2D eigenvalue weighted by Gasteiger charge is -2.00. The van der Waals surface area contributed by atoms with E-state index in [0.717, 1.165) is 17.3 Å². The molecule has 0 saturated heterocycles. The highest BCUT2D eigenvalue weighted by Crippen LogP contribution is 2.28. The molecule has 0 amide bonds. The van der Waals surface area contributed by atoms with Gasteiger partial charge in [-0.2, -0.15) is 0 Å². The molecular weight excluding hydrogens is 278 g/mol. The lowest BCUT2D eigenvalue weighted by Crippen LogP contribution is -1.96. The Morgan fingerprint density at radius 2 is 2.16 bits per heavy atom. The molecule has 0 aliphatic carbocycles. The second kappa shape index (κ2) is 4.83. The number of thiophene rings is 1. The number of benzene rings is 1. The minimum Gasteiger partial charge on any atom is -0.360 e. The lowest BCUT2D eigenvalue weighted by atomic mass is 10.0. The third kappa shape index (κ3) is 2.09. The van der Waals surface area contributed by atoms with E-state index < -0.39 is 0 Å². The molecular formula is C15H12ClNOS. The molecule has 0 spiro atoms. The van der Waals surface area contributed by atoms with Crippen molar-refractivity contribution in [3.8, 4) is 0 Å². The van der Waals surface area contributed by atoms with Crippen molar-refractivity contribution in [3.63, 3.8) is 0 Å². The minimum absolute atomic E-state index is 0.0244. The van der Waals surface area contributed by atoms with Crippen molar-refractivity contribution >= 4 is 39.6 Å². The molecule has 3 rings (SSSR count). The molecule has 0 radical (unpaired) electrons. The van der Waals surface area contributed by atoms with Crippen molar-refractivity contribution in [2.24, 2.45) is 0 Å². The molecule has 2 nitrogen and oxygen atoms in total. The fourth-order valence-electron chi connectivity index (χ4n) is 2.27. The SMILES string of the molecule is CCc1cccc2c(C(=O)c3ccc(Cl)s3)c[nH]c12. The quantitative estimate of drug-likeness (QED) is 0.698. The fourth-order valence-corrected chi connectivity index (χ4v) is 3.27. The molecule has 0 aliphatic rings. The van der Waals surface area contributed by atoms with E-state index in [-0.39, 0.29) is 5.78 Å². The van der Waals surface area contributed by atoms with Gasteiger partial charge in [-0.1, -0.05) is 36.7 Å². The first-order valence-corrected chi connectivity index (χ1v) is 7.29. The first-order valence-electron chi connectivity index (χ1n) is 6.09. The molecule has 3 aromatic rings. The lowest BCUT2D eigenvalue weighted by molar-refractivity contribution is 0.104. The fraction of sp³-hybridized carbons (Fsp3) is 0.133. The zero-order valence-corrected chi connectivity index (χ0v) is 11.9. The summed E-state index contributed by atoms with van der Waals surface area (Å²) in [7, 11) is 0. The van der Waals surface area contributed by atoms with Gasteiger partial charge in [-0.3, -0.25) is 4.79 Å². The maximum Gasteiger partial charge on any atom is 0.205 e. The predicted molar refractivity (Wildman–Crippen MR) is 80.4 cm³/mol. The van der Waals surface area contributed by atoms with E-state index in [1.165, 1.54) is 16.9 Å². The second-order valence-corrected chi connectivity index (χ2v) is 6.04. The van der Waals surface area contributed by atoms with Crippen LogP contribution in [0.15, 0.2) is 36.5 Å². The number of aromatic amines is 1. The Labute approximate surface area is 120 Å². The summed E-state index contributed by atoms with van der Waals surface area (Å²) in [6.45, 7) is 2.11. The number of nitrogens with one attached hydrogen (secondary N) is 1. The Balaban J connectivity index is 2.13. The van der Waals surface area contributed by atoms with Crippen LogP contribution in [-0.4, -0.2) is 10.8 Å². The maximum absolute atomic E-state index is 12.5. The smallest absolute Gasteiger partial charge is 0.205 e. The molecule has 0 fully saturated rings. The van der Waals surface area contributed by atoms with Crippen molar-refractivity contribution in [1.82, 2.24) is 4.98 Å². The summed E-state index contributed by atoms with van der Waals surface area (Å²) >= 11 is 7.20. The zero-order valence-electron chi connectivity index (χ0n) is 10.4. The molecule has 2 aromatic heterocycles. The van der Waals surface area contributed by atoms with Gasteiger partial charge in [-0.25, -0.2) is 0 Å². The van der Waals surface area contributed by atoms with Crippen molar-refractivity contribution in [1.29, 1.82) is 0 Å². The van der Waals surface area contributed by atoms with Gasteiger partial charge in [0, 0.05) is 22.7 Å². The van der Waals surface area contributed by atoms with Gasteiger partial charge in [0.05, 0.1) is 9.21 Å². The summed E-state index contributed by atoms with van der Waals surface area (Å²) in [6, 6.07) is 9.58. The number of rotatable bonds is 3. The summed E-state index contributed by atoms with van der Waals surface area (Å²) in [5.41, 5.74) is 2.99. The number of H-pyrrole nitrogens is 1. The van der Waals surface area contributed by atoms with E-state index in [9.17, 15) is 4.79 Å². The Bertz CT molecular complexity index is 756. The molecule has 0 saturated carbocycles. The predicted octanol–water partition coefficient (Wildman–Crippen LogP) is 4.68. The molecule has 1 N–H and O–H groups in total. The summed E-state index contributed by atoms with van der Waals surface area (Å²) < 4.78 is 0.637. The normalized spacial score (nSPS) is 11.1. The van der Waals surface area contributed by atoms with Crippen LogP contribution in [-0.2, 0) is 6.42 Å². The van der Waals surface area contributed by atoms with Gasteiger partial charge in [0.2, 0.25) is 5.78 Å². The number of hydrogen-bond donors (Lipinski definition) is 1. The van der Waals surface area contributed by atoms with Gasteiger partial charge in [-0.15, -0.1) is 11.3 Å². The number of aromatic nitrogens is 1. The van der Waals surface area contributed by atoms with Crippen LogP contribution < -0.4 is 0 Å². The first-order chi connectivity index (χ1) is 9.20. The van der Waals surface area contributed by atoms with Crippen LogP contribution in [0.1, 0.15) is 27.7 Å². The van der Waals surface area contributed by atoms with E-state index in [1.807, 2.05) is 12.1 Å². The van der Waals surface area contributed by atoms with E-state index in [4.69, 9.17) is 11.6 Å². The first kappa shape index (κ1) is 12.5. The number of hydrogen-bond acceptors (Lipinski definition) is 2. The third-order valence-corrected chi connectivity index (χ3v) is 4.45. The van der Waals surface area contributed by atoms with E-state index in [2.05, 4.69) is 18.0 Å². The van der Waals surface area contributed by atoms with Crippen LogP contribution in [0.4, 0.5) is 0 Å². The molecule has 96 valence electrons. The summed E-state index contributed by atoms with van der Waals surface area (Å²) in [4.78, 5) is 16.4. The number of para-hydroxylation sites is 1. The van der Waals surface area contributed by atoms with Gasteiger partial charge >= 0.3 is 0 Å². The van der Waals surface area contributed by atoms with Crippen molar-refractivity contribution in [2.45, 2.75) is 13.3 Å². The van der Waals surface area contributed by atoms with Gasteiger partial charge in [0.15, 0.2) is 0 Å². The molecule has 0 bridgehead atoms. The maximum atomic E-state index is 12.5. The molecule has 0 aliphatic heterocycles. The zero-order chi connectivity index (χ0) is 13.4. The third-order valence-electron chi connectivity index (χ3n) is 3.22. The summed E-state index contributed by atoms with van der Waals surface area (Å²) in [5.74, 6) is 0.0244. The molecule has 1 aromatic carbocycles. The monoisotopic (exact) mass is 289 g/mol. The number of halogens is 1. The van der Waals surface area contributed by atoms with Gasteiger partial charge in [0.25, 0.3) is 0 Å². The van der Waals surface area contributed by atoms with Crippen molar-refractivity contribution < 1.29 is 4.79 Å². The van der Waals surface area contributed by atoms with Crippen LogP contribution in [0.2, 0.25) is 4.34 Å². The second-order valence-electron chi connectivity index (χ2n) is 4.33. The number of carbonyl (C=O) groups is 1. The standard InChI is InChI=1S/C15H12ClNOS/c1-2-9-4-3-5-10-11(8-17-14(9)10)15(18)12-6-7-13(16)19-12/h3-8,17H,2H2,1H3. The molecule has 4 heteroatoms. The van der Waals surface area contributed by atoms with Crippen LogP contribution in [0.25, 0.3) is 10.9 Å². The Morgan fingerprint density at radius 3 is 2.84 bits per heavy atom. The topological polar surface area (TPSA) is 32.9 Å². The average Bonchev–Trinajstić information content (AvgIpc) is 3.03. The van der Waals surface area contributed by atoms with E-state index >= 15 is 0 Å². The Hall–Kier alpha value is -1.58. The minimum atomic E-state index is 0.0244. The summed E-state index contributed by atoms with van der Waals surface area (Å²) in [6.07, 6.45) is 2.73. The highest BCUT2D eigenvalue weighted by atomic mass is 35.5. The number of ketones is 1. The highest BCUT2D eigenvalue weighted by Gasteiger charge is 2.16. The molecule has 0 unspecified atom stereocenters. The molecule has 2 heterocycles. The molecule has 0 atom stereocenters. The van der Waals surface area contributed by atoms with Gasteiger partial charge in [0.1, 0.15) is 0 Å². The van der Waals surface area contributed by atoms with Crippen LogP contribution >= 0.6 is 22.9 Å². The van der Waals surface area contributed by atoms with E-state index in [1.54, 1.807) is 18.3 Å². The summed E-state index contributed by atoms with van der Waals surface area (Å²) in [5, 5.41) is 0.980. The van der Waals surface area contributed by atoms with Gasteiger partial charge in [-0.05, 0) is 24.1 Å². The number of carbonyl (C=O) groups excluding carboxylic acids is 1. The Kier molecular flexibility index (Phi) is 3.17. The average molecular weight is 290 g/mol. The van der Waals surface area contributed by atoms with Crippen LogP contribution in [0, 0.1) is 0 Å². The van der Waals surface area contributed by atoms with Crippen LogP contribution in [0.5, 0.6) is 0 Å². The number of fused-ring (bicyclic) bond motifs is 1. The highest BCUT2D eigenvalue weighted by molar-refractivity contribution is 7.18. The van der Waals surface area contributed by atoms with Crippen molar-refractivity contribution in [3.05, 3.63) is 56.9 Å². The largest absolute Gasteiger partial charge is 0.360 e. The van der Waals surface area contributed by atoms with Gasteiger partial charge < -0.3 is 4.98 Å².